The molecule has 0 saturated heterocycles. The molecule has 0 amide bonds. The van der Waals surface area contributed by atoms with E-state index in [1.165, 1.54) is 19.3 Å². The fourth-order valence-corrected chi connectivity index (χ4v) is 3.17. The predicted molar refractivity (Wildman–Crippen MR) is 76.0 cm³/mol. The fraction of sp³-hybridized carbons (Fsp3) is 0.600. The van der Waals surface area contributed by atoms with Crippen LogP contribution in [0.5, 0.6) is 0 Å². The quantitative estimate of drug-likeness (QED) is 0.920. The topological polar surface area (TPSA) is 42.2 Å². The first kappa shape index (κ1) is 12.6. The van der Waals surface area contributed by atoms with Crippen molar-refractivity contribution in [2.24, 2.45) is 5.41 Å². The van der Waals surface area contributed by atoms with Gasteiger partial charge in [0, 0.05) is 12.2 Å². The molecule has 1 aliphatic rings. The van der Waals surface area contributed by atoms with Gasteiger partial charge in [-0.2, -0.15) is 0 Å². The number of fused-ring (bicyclic) bond motifs is 1. The fourth-order valence-electron chi connectivity index (χ4n) is 3.17. The highest BCUT2D eigenvalue weighted by Gasteiger charge is 2.35. The van der Waals surface area contributed by atoms with Crippen LogP contribution in [0.2, 0.25) is 0 Å². The van der Waals surface area contributed by atoms with E-state index >= 15 is 0 Å². The van der Waals surface area contributed by atoms with Crippen molar-refractivity contribution in [2.45, 2.75) is 52.1 Å². The maximum absolute atomic E-state index is 4.34. The highest BCUT2D eigenvalue weighted by molar-refractivity contribution is 5.37. The molecule has 102 valence electrons. The standard InChI is InChI=1S/C15H22N4/c1-11(16-12-7-6-9-15(12,2)3)14-18-17-13-8-4-5-10-19(13)14/h4-5,8,10-12,16H,6-7,9H2,1-3H3. The van der Waals surface area contributed by atoms with Gasteiger partial charge in [-0.3, -0.25) is 4.40 Å². The Morgan fingerprint density at radius 2 is 2.21 bits per heavy atom. The summed E-state index contributed by atoms with van der Waals surface area (Å²) >= 11 is 0. The van der Waals surface area contributed by atoms with Crippen LogP contribution in [0.1, 0.15) is 51.9 Å². The molecule has 0 aliphatic heterocycles. The van der Waals surface area contributed by atoms with Crippen LogP contribution in [0, 0.1) is 5.41 Å². The molecular formula is C15H22N4. The summed E-state index contributed by atoms with van der Waals surface area (Å²) < 4.78 is 2.07. The second-order valence-electron chi connectivity index (χ2n) is 6.31. The van der Waals surface area contributed by atoms with Crippen LogP contribution < -0.4 is 5.32 Å². The van der Waals surface area contributed by atoms with Gasteiger partial charge in [0.1, 0.15) is 0 Å². The molecule has 0 spiro atoms. The van der Waals surface area contributed by atoms with Gasteiger partial charge in [-0.25, -0.2) is 0 Å². The second kappa shape index (κ2) is 4.60. The zero-order valence-corrected chi connectivity index (χ0v) is 11.9. The molecule has 19 heavy (non-hydrogen) atoms. The number of nitrogens with zero attached hydrogens (tertiary/aromatic N) is 3. The van der Waals surface area contributed by atoms with Crippen LogP contribution in [-0.4, -0.2) is 20.6 Å². The van der Waals surface area contributed by atoms with Crippen molar-refractivity contribution in [3.05, 3.63) is 30.2 Å². The third-order valence-electron chi connectivity index (χ3n) is 4.44. The zero-order valence-electron chi connectivity index (χ0n) is 11.9. The molecule has 2 atom stereocenters. The molecule has 4 heteroatoms. The van der Waals surface area contributed by atoms with Crippen LogP contribution in [0.4, 0.5) is 0 Å². The molecule has 2 aromatic heterocycles. The monoisotopic (exact) mass is 258 g/mol. The Morgan fingerprint density at radius 1 is 1.37 bits per heavy atom. The van der Waals surface area contributed by atoms with E-state index in [0.717, 1.165) is 11.5 Å². The lowest BCUT2D eigenvalue weighted by Crippen LogP contribution is -2.39. The Hall–Kier alpha value is -1.42. The molecular weight excluding hydrogens is 236 g/mol. The van der Waals surface area contributed by atoms with E-state index in [9.17, 15) is 0 Å². The van der Waals surface area contributed by atoms with Gasteiger partial charge < -0.3 is 5.32 Å². The van der Waals surface area contributed by atoms with E-state index in [1.807, 2.05) is 24.4 Å². The van der Waals surface area contributed by atoms with Crippen LogP contribution in [0.15, 0.2) is 24.4 Å². The molecule has 1 N–H and O–H groups in total. The summed E-state index contributed by atoms with van der Waals surface area (Å²) in [7, 11) is 0. The Bertz CT molecular complexity index is 572. The van der Waals surface area contributed by atoms with Crippen molar-refractivity contribution in [2.75, 3.05) is 0 Å². The molecule has 1 fully saturated rings. The number of hydrogen-bond acceptors (Lipinski definition) is 3. The maximum Gasteiger partial charge on any atom is 0.160 e. The molecule has 2 unspecified atom stereocenters. The average molecular weight is 258 g/mol. The van der Waals surface area contributed by atoms with E-state index in [2.05, 4.69) is 40.7 Å². The van der Waals surface area contributed by atoms with Crippen molar-refractivity contribution < 1.29 is 0 Å². The summed E-state index contributed by atoms with van der Waals surface area (Å²) in [5, 5.41) is 12.3. The highest BCUT2D eigenvalue weighted by Crippen LogP contribution is 2.38. The van der Waals surface area contributed by atoms with Gasteiger partial charge in [-0.1, -0.05) is 26.3 Å². The normalized spacial score (nSPS) is 23.8. The van der Waals surface area contributed by atoms with Crippen molar-refractivity contribution in [1.82, 2.24) is 19.9 Å². The summed E-state index contributed by atoms with van der Waals surface area (Å²) in [4.78, 5) is 0. The van der Waals surface area contributed by atoms with E-state index in [4.69, 9.17) is 0 Å². The Balaban J connectivity index is 1.82. The number of nitrogens with one attached hydrogen (secondary N) is 1. The minimum atomic E-state index is 0.222. The van der Waals surface area contributed by atoms with Gasteiger partial charge in [0.05, 0.1) is 6.04 Å². The third kappa shape index (κ3) is 2.25. The largest absolute Gasteiger partial charge is 0.304 e. The minimum Gasteiger partial charge on any atom is -0.304 e. The molecule has 0 aromatic carbocycles. The van der Waals surface area contributed by atoms with Crippen molar-refractivity contribution >= 4 is 5.65 Å². The van der Waals surface area contributed by atoms with Gasteiger partial charge >= 0.3 is 0 Å². The first-order chi connectivity index (χ1) is 9.08. The van der Waals surface area contributed by atoms with E-state index in [-0.39, 0.29) is 6.04 Å². The highest BCUT2D eigenvalue weighted by atomic mass is 15.3. The molecule has 1 aliphatic carbocycles. The minimum absolute atomic E-state index is 0.222. The Kier molecular flexibility index (Phi) is 3.05. The lowest BCUT2D eigenvalue weighted by Gasteiger charge is -2.30. The molecule has 0 bridgehead atoms. The third-order valence-corrected chi connectivity index (χ3v) is 4.44. The van der Waals surface area contributed by atoms with Crippen LogP contribution in [-0.2, 0) is 0 Å². The van der Waals surface area contributed by atoms with Crippen LogP contribution in [0.25, 0.3) is 5.65 Å². The van der Waals surface area contributed by atoms with E-state index < -0.39 is 0 Å². The summed E-state index contributed by atoms with van der Waals surface area (Å²) in [6.07, 6.45) is 5.91. The second-order valence-corrected chi connectivity index (χ2v) is 6.31. The van der Waals surface area contributed by atoms with Crippen LogP contribution >= 0.6 is 0 Å². The number of pyridine rings is 1. The van der Waals surface area contributed by atoms with Crippen LogP contribution in [0.3, 0.4) is 0 Å². The first-order valence-electron chi connectivity index (χ1n) is 7.14. The molecule has 2 heterocycles. The lowest BCUT2D eigenvalue weighted by atomic mass is 9.87. The Labute approximate surface area is 114 Å². The lowest BCUT2D eigenvalue weighted by molar-refractivity contribution is 0.263. The average Bonchev–Trinajstić information content (AvgIpc) is 2.93. The summed E-state index contributed by atoms with van der Waals surface area (Å²) in [5.41, 5.74) is 1.30. The summed E-state index contributed by atoms with van der Waals surface area (Å²) in [6.45, 7) is 6.89. The number of rotatable bonds is 3. The molecule has 1 saturated carbocycles. The number of hydrogen-bond donors (Lipinski definition) is 1. The first-order valence-corrected chi connectivity index (χ1v) is 7.14. The SMILES string of the molecule is CC(NC1CCCC1(C)C)c1nnc2ccccn12. The summed E-state index contributed by atoms with van der Waals surface area (Å²) in [6, 6.07) is 6.79. The zero-order chi connectivity index (χ0) is 13.5. The van der Waals surface area contributed by atoms with Crippen molar-refractivity contribution in [1.29, 1.82) is 0 Å². The maximum atomic E-state index is 4.34. The molecule has 3 rings (SSSR count). The van der Waals surface area contributed by atoms with Gasteiger partial charge in [-0.15, -0.1) is 10.2 Å². The molecule has 4 nitrogen and oxygen atoms in total. The van der Waals surface area contributed by atoms with Gasteiger partial charge in [0.15, 0.2) is 11.5 Å². The summed E-state index contributed by atoms with van der Waals surface area (Å²) in [5.74, 6) is 0.998. The van der Waals surface area contributed by atoms with Gasteiger partial charge in [0.25, 0.3) is 0 Å². The van der Waals surface area contributed by atoms with E-state index in [0.29, 0.717) is 11.5 Å². The Morgan fingerprint density at radius 3 is 2.95 bits per heavy atom. The van der Waals surface area contributed by atoms with Crippen molar-refractivity contribution in [3.8, 4) is 0 Å². The molecule has 0 radical (unpaired) electrons. The number of aromatic nitrogens is 3. The molecule has 2 aromatic rings. The van der Waals surface area contributed by atoms with Gasteiger partial charge in [-0.05, 0) is 37.3 Å². The smallest absolute Gasteiger partial charge is 0.160 e. The predicted octanol–water partition coefficient (Wildman–Crippen LogP) is 2.96. The van der Waals surface area contributed by atoms with Gasteiger partial charge in [0.2, 0.25) is 0 Å². The van der Waals surface area contributed by atoms with Crippen molar-refractivity contribution in [3.63, 3.8) is 0 Å². The van der Waals surface area contributed by atoms with E-state index in [1.54, 1.807) is 0 Å².